The van der Waals surface area contributed by atoms with Crippen LogP contribution < -0.4 is 16.7 Å². The van der Waals surface area contributed by atoms with E-state index in [1.807, 2.05) is 145 Å². The van der Waals surface area contributed by atoms with E-state index in [0.717, 1.165) is 66.7 Å². The second-order valence-electron chi connectivity index (χ2n) is 15.0. The lowest BCUT2D eigenvalue weighted by Crippen LogP contribution is -2.32. The summed E-state index contributed by atoms with van der Waals surface area (Å²) in [6.07, 6.45) is 0. The third-order valence-corrected chi connectivity index (χ3v) is 12.8. The maximum atomic E-state index is 12.0. The van der Waals surface area contributed by atoms with Gasteiger partial charge in [-0.1, -0.05) is 179 Å². The fraction of sp³-hybridized carbons (Fsp3) is 0.176. The summed E-state index contributed by atoms with van der Waals surface area (Å²) in [4.78, 5) is 42.8. The minimum Gasteiger partial charge on any atom is -0.428 e. The quantitative estimate of drug-likeness (QED) is 0.0781. The number of benzene rings is 4. The lowest BCUT2D eigenvalue weighted by Gasteiger charge is -2.06. The van der Waals surface area contributed by atoms with Crippen molar-refractivity contribution in [2.24, 2.45) is 9.98 Å². The summed E-state index contributed by atoms with van der Waals surface area (Å²) in [7, 11) is -1.62. The zero-order valence-corrected chi connectivity index (χ0v) is 39.9. The van der Waals surface area contributed by atoms with Crippen LogP contribution in [0.5, 0.6) is 0 Å². The molecule has 8 rings (SSSR count). The van der Waals surface area contributed by atoms with E-state index in [2.05, 4.69) is 56.8 Å². The molecule has 0 atom stereocenters. The first-order valence-electron chi connectivity index (χ1n) is 20.4. The average Bonchev–Trinajstić information content (AvgIpc) is 3.84. The maximum absolute atomic E-state index is 12.0. The van der Waals surface area contributed by atoms with Gasteiger partial charge in [0, 0.05) is 51.8 Å². The van der Waals surface area contributed by atoms with E-state index in [4.69, 9.17) is 28.9 Å². The molecule has 332 valence electrons. The van der Waals surface area contributed by atoms with Gasteiger partial charge in [-0.05, 0) is 54.0 Å². The normalized spacial score (nSPS) is 10.5. The van der Waals surface area contributed by atoms with Crippen molar-refractivity contribution in [1.82, 2.24) is 9.97 Å². The molecule has 14 heteroatoms. The number of aryl methyl sites for hydroxylation is 2. The maximum Gasteiger partial charge on any atom is 0.488 e. The number of hydrogen-bond donors (Lipinski definition) is 2. The molecule has 0 aliphatic carbocycles. The second-order valence-corrected chi connectivity index (χ2v) is 18.8. The molecule has 8 aromatic rings. The molecule has 0 saturated carbocycles. The molecule has 0 fully saturated rings. The second kappa shape index (κ2) is 23.9. The first-order valence-corrected chi connectivity index (χ1v) is 23.1. The highest BCUT2D eigenvalue weighted by molar-refractivity contribution is 14.1. The van der Waals surface area contributed by atoms with Crippen molar-refractivity contribution in [2.75, 3.05) is 0 Å². The standard InChI is InChI=1S/C25H22N2O2S.C17H13IN2S.C8H11BO4.CH4/c1-16(2)21-14-20(15-22(28)29-21)24-17(3)26-25(30-24)27-23(18-10-6-4-7-11-18)19-12-8-5-9-13-19;1-12-16(18)21-17(19-12)20-15(13-8-4-2-5-9-13)14-10-6-3-7-11-14;1-5(2)7-3-6(9(11)12)4-8(10)13-7;/h4-16H,1-3H3;2-11H,1H3;3-5,11-12H,1-2H3;1H4. The molecule has 0 radical (unpaired) electrons. The van der Waals surface area contributed by atoms with E-state index >= 15 is 0 Å². The molecular formula is C51H50BIN4O6S2. The van der Waals surface area contributed by atoms with E-state index in [9.17, 15) is 9.59 Å². The van der Waals surface area contributed by atoms with Crippen molar-refractivity contribution in [3.63, 3.8) is 0 Å². The first-order chi connectivity index (χ1) is 30.7. The van der Waals surface area contributed by atoms with Crippen LogP contribution in [-0.4, -0.2) is 38.6 Å². The molecule has 0 amide bonds. The topological polar surface area (TPSA) is 151 Å². The summed E-state index contributed by atoms with van der Waals surface area (Å²) in [5.41, 5.74) is 8.07. The molecule has 0 aliphatic rings. The number of thiazole rings is 2. The molecule has 0 unspecified atom stereocenters. The third-order valence-electron chi connectivity index (χ3n) is 9.42. The fourth-order valence-corrected chi connectivity index (χ4v) is 8.46. The number of aromatic nitrogens is 2. The Kier molecular flexibility index (Phi) is 18.4. The minimum atomic E-state index is -1.62. The molecular weight excluding hydrogens is 966 g/mol. The summed E-state index contributed by atoms with van der Waals surface area (Å²) in [5, 5.41) is 19.1. The molecule has 4 aromatic carbocycles. The van der Waals surface area contributed by atoms with Crippen molar-refractivity contribution >= 4 is 79.5 Å². The molecule has 0 spiro atoms. The van der Waals surface area contributed by atoms with Crippen LogP contribution in [0.4, 0.5) is 10.3 Å². The highest BCUT2D eigenvalue weighted by Crippen LogP contribution is 2.35. The Bertz CT molecular complexity index is 2820. The fourth-order valence-electron chi connectivity index (χ4n) is 6.14. The van der Waals surface area contributed by atoms with Gasteiger partial charge in [0.1, 0.15) is 11.5 Å². The van der Waals surface area contributed by atoms with Crippen LogP contribution in [0.1, 0.15) is 92.1 Å². The van der Waals surface area contributed by atoms with E-state index in [0.29, 0.717) is 16.7 Å². The Morgan fingerprint density at radius 1 is 0.585 bits per heavy atom. The van der Waals surface area contributed by atoms with Crippen molar-refractivity contribution in [1.29, 1.82) is 0 Å². The summed E-state index contributed by atoms with van der Waals surface area (Å²) in [6, 6.07) is 46.6. The van der Waals surface area contributed by atoms with Gasteiger partial charge in [-0.25, -0.2) is 29.5 Å². The number of halogens is 1. The molecule has 0 saturated heterocycles. The molecule has 4 aromatic heterocycles. The van der Waals surface area contributed by atoms with Crippen LogP contribution in [0, 0.1) is 16.7 Å². The molecule has 2 N–H and O–H groups in total. The van der Waals surface area contributed by atoms with Crippen LogP contribution in [0.25, 0.3) is 10.4 Å². The first kappa shape index (κ1) is 50.1. The zero-order chi connectivity index (χ0) is 45.8. The molecule has 10 nitrogen and oxygen atoms in total. The Morgan fingerprint density at radius 2 is 0.969 bits per heavy atom. The third kappa shape index (κ3) is 14.0. The van der Waals surface area contributed by atoms with Crippen molar-refractivity contribution in [3.8, 4) is 10.4 Å². The number of hydrogen-bond acceptors (Lipinski definition) is 12. The van der Waals surface area contributed by atoms with E-state index in [1.165, 1.54) is 26.4 Å². The van der Waals surface area contributed by atoms with Gasteiger partial charge in [-0.15, -0.1) is 0 Å². The van der Waals surface area contributed by atoms with Crippen LogP contribution in [-0.2, 0) is 0 Å². The van der Waals surface area contributed by atoms with Gasteiger partial charge in [0.2, 0.25) is 10.3 Å². The van der Waals surface area contributed by atoms with Crippen LogP contribution in [0.15, 0.2) is 174 Å². The lowest BCUT2D eigenvalue weighted by molar-refractivity contribution is 0.419. The molecule has 4 heterocycles. The zero-order valence-electron chi connectivity index (χ0n) is 36.1. The Balaban J connectivity index is 0.000000197. The predicted octanol–water partition coefficient (Wildman–Crippen LogP) is 11.7. The van der Waals surface area contributed by atoms with Gasteiger partial charge in [-0.3, -0.25) is 0 Å². The molecule has 0 aliphatic heterocycles. The van der Waals surface area contributed by atoms with Gasteiger partial charge in [-0.2, -0.15) is 0 Å². The molecule has 0 bridgehead atoms. The van der Waals surface area contributed by atoms with Crippen LogP contribution in [0.3, 0.4) is 0 Å². The van der Waals surface area contributed by atoms with Gasteiger partial charge in [0.25, 0.3) is 0 Å². The van der Waals surface area contributed by atoms with Gasteiger partial charge in [0.05, 0.1) is 30.6 Å². The smallest absolute Gasteiger partial charge is 0.428 e. The Labute approximate surface area is 401 Å². The number of aliphatic imine (C=N–C) groups is 2. The largest absolute Gasteiger partial charge is 0.488 e. The summed E-state index contributed by atoms with van der Waals surface area (Å²) >= 11 is 5.41. The highest BCUT2D eigenvalue weighted by Gasteiger charge is 2.17. The van der Waals surface area contributed by atoms with Crippen LogP contribution in [0.2, 0.25) is 0 Å². The van der Waals surface area contributed by atoms with Crippen molar-refractivity contribution in [3.05, 3.63) is 214 Å². The molecule has 65 heavy (non-hydrogen) atoms. The predicted molar refractivity (Wildman–Crippen MR) is 276 cm³/mol. The van der Waals surface area contributed by atoms with Gasteiger partial charge >= 0.3 is 18.4 Å². The summed E-state index contributed by atoms with van der Waals surface area (Å²) in [6.45, 7) is 11.7. The monoisotopic (exact) mass is 1020 g/mol. The minimum absolute atomic E-state index is 0. The van der Waals surface area contributed by atoms with Crippen molar-refractivity contribution < 1.29 is 18.9 Å². The van der Waals surface area contributed by atoms with Gasteiger partial charge in [0.15, 0.2) is 0 Å². The lowest BCUT2D eigenvalue weighted by atomic mass is 9.80. The highest BCUT2D eigenvalue weighted by atomic mass is 127. The Morgan fingerprint density at radius 3 is 1.35 bits per heavy atom. The Hall–Kier alpha value is -5.91. The van der Waals surface area contributed by atoms with E-state index in [-0.39, 0.29) is 30.4 Å². The summed E-state index contributed by atoms with van der Waals surface area (Å²) in [5.74, 6) is 1.30. The van der Waals surface area contributed by atoms with E-state index < -0.39 is 12.7 Å². The SMILES string of the molecule is C.CC(C)c1cc(B(O)O)cc(=O)o1.Cc1nc(N=C(c2ccccc2)c2ccccc2)sc1-c1cc(C(C)C)oc(=O)c1.Cc1nc(N=C(c2ccccc2)c2ccccc2)sc1I. The van der Waals surface area contributed by atoms with Crippen molar-refractivity contribution in [2.45, 2.75) is 60.8 Å². The van der Waals surface area contributed by atoms with Gasteiger partial charge < -0.3 is 18.9 Å². The van der Waals surface area contributed by atoms with E-state index in [1.54, 1.807) is 11.3 Å². The number of rotatable bonds is 10. The average molecular weight is 1020 g/mol. The van der Waals surface area contributed by atoms with Crippen LogP contribution >= 0.6 is 45.3 Å². The summed E-state index contributed by atoms with van der Waals surface area (Å²) < 4.78 is 11.4. The number of nitrogens with zero attached hydrogens (tertiary/aromatic N) is 4.